The predicted molar refractivity (Wildman–Crippen MR) is 58.4 cm³/mol. The van der Waals surface area contributed by atoms with Crippen molar-refractivity contribution in [3.63, 3.8) is 0 Å². The number of aryl methyl sites for hydroxylation is 1. The molecule has 1 aromatic heterocycles. The summed E-state index contributed by atoms with van der Waals surface area (Å²) < 4.78 is 39.5. The number of fused-ring (bicyclic) bond motifs is 1. The van der Waals surface area contributed by atoms with E-state index in [2.05, 4.69) is 5.10 Å². The topological polar surface area (TPSA) is 17.8 Å². The maximum absolute atomic E-state index is 12.4. The summed E-state index contributed by atoms with van der Waals surface area (Å²) >= 11 is 1.98. The van der Waals surface area contributed by atoms with Crippen molar-refractivity contribution in [2.45, 2.75) is 6.18 Å². The number of rotatable bonds is 0. The largest absolute Gasteiger partial charge is 0.416 e. The van der Waals surface area contributed by atoms with Crippen LogP contribution in [-0.4, -0.2) is 9.78 Å². The van der Waals surface area contributed by atoms with Gasteiger partial charge in [0.15, 0.2) is 0 Å². The second-order valence-corrected chi connectivity index (χ2v) is 4.17. The van der Waals surface area contributed by atoms with E-state index in [0.29, 0.717) is 14.6 Å². The van der Waals surface area contributed by atoms with Gasteiger partial charge in [0.1, 0.15) is 3.70 Å². The van der Waals surface area contributed by atoms with Gasteiger partial charge >= 0.3 is 6.18 Å². The van der Waals surface area contributed by atoms with Crippen LogP contribution in [0.5, 0.6) is 0 Å². The number of alkyl halides is 3. The Labute approximate surface area is 97.2 Å². The van der Waals surface area contributed by atoms with Crippen LogP contribution in [0.25, 0.3) is 10.9 Å². The summed E-state index contributed by atoms with van der Waals surface area (Å²) in [5, 5.41) is 4.61. The SMILES string of the molecule is Cn1nc2ccc(C(F)(F)F)cc2c1I. The van der Waals surface area contributed by atoms with Gasteiger partial charge in [-0.1, -0.05) is 0 Å². The van der Waals surface area contributed by atoms with Gasteiger partial charge in [0, 0.05) is 12.4 Å². The van der Waals surface area contributed by atoms with Crippen molar-refractivity contribution in [3.05, 3.63) is 27.5 Å². The average Bonchev–Trinajstić information content (AvgIpc) is 2.41. The molecule has 0 bridgehead atoms. The molecule has 0 aliphatic carbocycles. The molecular weight excluding hydrogens is 320 g/mol. The quantitative estimate of drug-likeness (QED) is 0.680. The van der Waals surface area contributed by atoms with E-state index in [9.17, 15) is 13.2 Å². The Kier molecular flexibility index (Phi) is 2.40. The van der Waals surface area contributed by atoms with E-state index in [1.165, 1.54) is 6.07 Å². The molecule has 0 saturated heterocycles. The maximum Gasteiger partial charge on any atom is 0.416 e. The number of hydrogen-bond acceptors (Lipinski definition) is 1. The first-order valence-corrected chi connectivity index (χ1v) is 5.17. The first-order valence-electron chi connectivity index (χ1n) is 4.09. The summed E-state index contributed by atoms with van der Waals surface area (Å²) in [6, 6.07) is 3.57. The van der Waals surface area contributed by atoms with Crippen molar-refractivity contribution in [2.24, 2.45) is 7.05 Å². The summed E-state index contributed by atoms with van der Waals surface area (Å²) in [6.45, 7) is 0. The zero-order chi connectivity index (χ0) is 11.2. The normalized spacial score (nSPS) is 12.3. The molecule has 15 heavy (non-hydrogen) atoms. The minimum Gasteiger partial charge on any atom is -0.261 e. The van der Waals surface area contributed by atoms with Crippen molar-refractivity contribution in [1.29, 1.82) is 0 Å². The molecule has 0 fully saturated rings. The second kappa shape index (κ2) is 3.36. The first kappa shape index (κ1) is 10.7. The maximum atomic E-state index is 12.4. The Bertz CT molecular complexity index is 516. The Morgan fingerprint density at radius 1 is 1.33 bits per heavy atom. The number of nitrogens with zero attached hydrogens (tertiary/aromatic N) is 2. The Morgan fingerprint density at radius 2 is 2.00 bits per heavy atom. The Morgan fingerprint density at radius 3 is 2.60 bits per heavy atom. The van der Waals surface area contributed by atoms with Crippen LogP contribution in [0.2, 0.25) is 0 Å². The molecule has 0 amide bonds. The predicted octanol–water partition coefficient (Wildman–Crippen LogP) is 3.20. The fourth-order valence-electron chi connectivity index (χ4n) is 1.34. The summed E-state index contributed by atoms with van der Waals surface area (Å²) in [6.07, 6.45) is -4.30. The van der Waals surface area contributed by atoms with Gasteiger partial charge in [-0.25, -0.2) is 0 Å². The Hall–Kier alpha value is -0.790. The lowest BCUT2D eigenvalue weighted by atomic mass is 10.1. The minimum absolute atomic E-state index is 0.535. The lowest BCUT2D eigenvalue weighted by Gasteiger charge is -2.05. The van der Waals surface area contributed by atoms with Gasteiger partial charge in [0.05, 0.1) is 11.1 Å². The summed E-state index contributed by atoms with van der Waals surface area (Å²) in [4.78, 5) is 0. The molecule has 2 nitrogen and oxygen atoms in total. The zero-order valence-electron chi connectivity index (χ0n) is 7.64. The highest BCUT2D eigenvalue weighted by molar-refractivity contribution is 14.1. The van der Waals surface area contributed by atoms with Gasteiger partial charge in [0.2, 0.25) is 0 Å². The molecule has 0 atom stereocenters. The molecule has 0 aliphatic heterocycles. The van der Waals surface area contributed by atoms with Crippen LogP contribution in [0.15, 0.2) is 18.2 Å². The van der Waals surface area contributed by atoms with Gasteiger partial charge in [-0.05, 0) is 40.8 Å². The Balaban J connectivity index is 2.70. The van der Waals surface area contributed by atoms with Crippen LogP contribution >= 0.6 is 22.6 Å². The van der Waals surface area contributed by atoms with E-state index in [4.69, 9.17) is 0 Å². The molecule has 0 unspecified atom stereocenters. The third kappa shape index (κ3) is 1.82. The minimum atomic E-state index is -4.30. The monoisotopic (exact) mass is 326 g/mol. The molecule has 1 aromatic carbocycles. The molecule has 6 heteroatoms. The van der Waals surface area contributed by atoms with Crippen LogP contribution in [-0.2, 0) is 13.2 Å². The van der Waals surface area contributed by atoms with Crippen molar-refractivity contribution in [2.75, 3.05) is 0 Å². The van der Waals surface area contributed by atoms with Crippen LogP contribution in [0.4, 0.5) is 13.2 Å². The molecule has 0 radical (unpaired) electrons. The highest BCUT2D eigenvalue weighted by atomic mass is 127. The van der Waals surface area contributed by atoms with Crippen molar-refractivity contribution < 1.29 is 13.2 Å². The number of halogens is 4. The van der Waals surface area contributed by atoms with E-state index in [0.717, 1.165) is 12.1 Å². The van der Waals surface area contributed by atoms with Gasteiger partial charge < -0.3 is 0 Å². The van der Waals surface area contributed by atoms with Crippen molar-refractivity contribution in [1.82, 2.24) is 9.78 Å². The van der Waals surface area contributed by atoms with E-state index >= 15 is 0 Å². The van der Waals surface area contributed by atoms with Gasteiger partial charge in [-0.15, -0.1) is 0 Å². The van der Waals surface area contributed by atoms with Crippen LogP contribution in [0.3, 0.4) is 0 Å². The van der Waals surface area contributed by atoms with Crippen molar-refractivity contribution >= 4 is 33.5 Å². The van der Waals surface area contributed by atoms with Gasteiger partial charge in [0.25, 0.3) is 0 Å². The molecule has 80 valence electrons. The van der Waals surface area contributed by atoms with E-state index in [1.54, 1.807) is 11.7 Å². The summed E-state index contributed by atoms with van der Waals surface area (Å²) in [5.74, 6) is 0. The highest BCUT2D eigenvalue weighted by Crippen LogP contribution is 2.32. The van der Waals surface area contributed by atoms with Crippen LogP contribution in [0.1, 0.15) is 5.56 Å². The molecule has 0 spiro atoms. The number of benzene rings is 1. The number of hydrogen-bond donors (Lipinski definition) is 0. The van der Waals surface area contributed by atoms with E-state index in [1.807, 2.05) is 22.6 Å². The van der Waals surface area contributed by atoms with Gasteiger partial charge in [-0.2, -0.15) is 18.3 Å². The standard InChI is InChI=1S/C9H6F3IN2/c1-15-8(13)6-4-5(9(10,11)12)2-3-7(6)14-15/h2-4H,1H3. The third-order valence-electron chi connectivity index (χ3n) is 2.09. The summed E-state index contributed by atoms with van der Waals surface area (Å²) in [7, 11) is 1.70. The van der Waals surface area contributed by atoms with Crippen LogP contribution < -0.4 is 0 Å². The molecule has 0 aliphatic rings. The lowest BCUT2D eigenvalue weighted by molar-refractivity contribution is -0.137. The first-order chi connectivity index (χ1) is 6.89. The molecule has 2 rings (SSSR count). The van der Waals surface area contributed by atoms with Gasteiger partial charge in [-0.3, -0.25) is 4.68 Å². The lowest BCUT2D eigenvalue weighted by Crippen LogP contribution is -2.04. The summed E-state index contributed by atoms with van der Waals surface area (Å²) in [5.41, 5.74) is -0.0594. The molecule has 1 heterocycles. The fourth-order valence-corrected chi connectivity index (χ4v) is 1.88. The molecule has 2 aromatic rings. The second-order valence-electron chi connectivity index (χ2n) is 3.14. The zero-order valence-corrected chi connectivity index (χ0v) is 9.80. The van der Waals surface area contributed by atoms with Crippen molar-refractivity contribution in [3.8, 4) is 0 Å². The fraction of sp³-hybridized carbons (Fsp3) is 0.222. The molecular formula is C9H6F3IN2. The average molecular weight is 326 g/mol. The molecule has 0 saturated carbocycles. The van der Waals surface area contributed by atoms with E-state index in [-0.39, 0.29) is 0 Å². The third-order valence-corrected chi connectivity index (χ3v) is 3.37. The smallest absolute Gasteiger partial charge is 0.261 e. The van der Waals surface area contributed by atoms with Crippen LogP contribution in [0, 0.1) is 3.70 Å². The number of aromatic nitrogens is 2. The van der Waals surface area contributed by atoms with E-state index < -0.39 is 11.7 Å². The highest BCUT2D eigenvalue weighted by Gasteiger charge is 2.30. The molecule has 0 N–H and O–H groups in total.